The van der Waals surface area contributed by atoms with E-state index in [-0.39, 0.29) is 17.7 Å². The molecule has 2 aliphatic rings. The van der Waals surface area contributed by atoms with Crippen molar-refractivity contribution in [1.82, 2.24) is 19.5 Å². The zero-order valence-corrected chi connectivity index (χ0v) is 17.0. The highest BCUT2D eigenvalue weighted by Crippen LogP contribution is 2.42. The average Bonchev–Trinajstić information content (AvgIpc) is 3.43. The maximum Gasteiger partial charge on any atom is 0.230 e. The van der Waals surface area contributed by atoms with Crippen molar-refractivity contribution in [2.75, 3.05) is 26.3 Å². The first-order valence-electron chi connectivity index (χ1n) is 9.93. The van der Waals surface area contributed by atoms with Gasteiger partial charge in [0.25, 0.3) is 0 Å². The van der Waals surface area contributed by atoms with E-state index in [9.17, 15) is 9.50 Å². The topological polar surface area (TPSA) is 72.1 Å². The lowest BCUT2D eigenvalue weighted by molar-refractivity contribution is -0.187. The van der Waals surface area contributed by atoms with Crippen LogP contribution in [0.15, 0.2) is 24.3 Å². The molecule has 0 amide bonds. The number of thiazole rings is 1. The zero-order chi connectivity index (χ0) is 20.0. The first-order valence-corrected chi connectivity index (χ1v) is 10.7. The predicted molar refractivity (Wildman–Crippen MR) is 106 cm³/mol. The van der Waals surface area contributed by atoms with E-state index < -0.39 is 5.79 Å². The molecule has 0 unspecified atom stereocenters. The van der Waals surface area contributed by atoms with Crippen molar-refractivity contribution in [3.8, 4) is 5.88 Å². The van der Waals surface area contributed by atoms with E-state index in [4.69, 9.17) is 9.47 Å². The van der Waals surface area contributed by atoms with Gasteiger partial charge in [-0.05, 0) is 17.7 Å². The van der Waals surface area contributed by atoms with Gasteiger partial charge in [0.05, 0.1) is 24.1 Å². The third-order valence-electron chi connectivity index (χ3n) is 5.73. The molecule has 2 fully saturated rings. The second-order valence-corrected chi connectivity index (χ2v) is 8.47. The highest BCUT2D eigenvalue weighted by Gasteiger charge is 2.42. The molecule has 1 spiro atoms. The first kappa shape index (κ1) is 18.9. The molecule has 0 radical (unpaired) electrons. The predicted octanol–water partition coefficient (Wildman–Crippen LogP) is 3.13. The average molecular weight is 418 g/mol. The summed E-state index contributed by atoms with van der Waals surface area (Å²) in [7, 11) is 0. The number of hydrogen-bond donors (Lipinski definition) is 1. The summed E-state index contributed by atoms with van der Waals surface area (Å²) in [5, 5.41) is 15.3. The van der Waals surface area contributed by atoms with Gasteiger partial charge < -0.3 is 14.6 Å². The van der Waals surface area contributed by atoms with Gasteiger partial charge in [0, 0.05) is 32.4 Å². The maximum absolute atomic E-state index is 13.6. The van der Waals surface area contributed by atoms with Crippen molar-refractivity contribution in [3.63, 3.8) is 0 Å². The molecule has 0 aliphatic carbocycles. The number of piperidine rings is 1. The van der Waals surface area contributed by atoms with E-state index in [0.717, 1.165) is 36.4 Å². The monoisotopic (exact) mass is 418 g/mol. The second-order valence-electron chi connectivity index (χ2n) is 7.46. The number of fused-ring (bicyclic) bond motifs is 1. The van der Waals surface area contributed by atoms with E-state index in [0.29, 0.717) is 30.4 Å². The molecule has 1 atom stereocenters. The fraction of sp³-hybridized carbons (Fsp3) is 0.500. The standard InChI is InChI=1S/C20H23FN4O3S/c1-2-15-22-19-25(23-15)18(26)17(29-19)16(13-3-5-14(21)6-4-13)24-9-7-20(8-10-24)27-11-12-28-20/h3-6,16,26H,2,7-12H2,1H3/t16-/m0/s1. The van der Waals surface area contributed by atoms with Crippen molar-refractivity contribution in [2.24, 2.45) is 0 Å². The number of aryl methyl sites for hydroxylation is 1. The Kier molecular flexibility index (Phi) is 4.78. The normalized spacial score (nSPS) is 20.6. The highest BCUT2D eigenvalue weighted by atomic mass is 32.1. The van der Waals surface area contributed by atoms with Crippen molar-refractivity contribution >= 4 is 16.3 Å². The summed E-state index contributed by atoms with van der Waals surface area (Å²) in [6.45, 7) is 4.74. The minimum Gasteiger partial charge on any atom is -0.492 e. The molecular weight excluding hydrogens is 395 g/mol. The van der Waals surface area contributed by atoms with Gasteiger partial charge >= 0.3 is 0 Å². The number of likely N-dealkylation sites (tertiary alicyclic amines) is 1. The van der Waals surface area contributed by atoms with E-state index in [1.54, 1.807) is 12.1 Å². The fourth-order valence-corrected chi connectivity index (χ4v) is 5.34. The molecule has 7 nitrogen and oxygen atoms in total. The molecule has 0 bridgehead atoms. The smallest absolute Gasteiger partial charge is 0.230 e. The molecule has 154 valence electrons. The van der Waals surface area contributed by atoms with Crippen LogP contribution in [-0.4, -0.2) is 56.7 Å². The van der Waals surface area contributed by atoms with Crippen LogP contribution < -0.4 is 0 Å². The van der Waals surface area contributed by atoms with Crippen LogP contribution >= 0.6 is 11.3 Å². The lowest BCUT2D eigenvalue weighted by Crippen LogP contribution is -2.46. The number of nitrogens with zero attached hydrogens (tertiary/aromatic N) is 4. The Bertz CT molecular complexity index is 1000. The van der Waals surface area contributed by atoms with Gasteiger partial charge in [-0.15, -0.1) is 5.10 Å². The van der Waals surface area contributed by atoms with E-state index in [2.05, 4.69) is 15.0 Å². The Labute approximate surface area is 171 Å². The SMILES string of the molecule is CCc1nc2sc([C@H](c3ccc(F)cc3)N3CCC4(CC3)OCCO4)c(O)n2n1. The number of aromatic nitrogens is 3. The third kappa shape index (κ3) is 3.31. The summed E-state index contributed by atoms with van der Waals surface area (Å²) in [5.41, 5.74) is 0.922. The first-order chi connectivity index (χ1) is 14.1. The van der Waals surface area contributed by atoms with Gasteiger partial charge in [-0.1, -0.05) is 30.4 Å². The lowest BCUT2D eigenvalue weighted by Gasteiger charge is -2.41. The molecule has 9 heteroatoms. The lowest BCUT2D eigenvalue weighted by atomic mass is 9.97. The Morgan fingerprint density at radius 2 is 1.90 bits per heavy atom. The van der Waals surface area contributed by atoms with Crippen LogP contribution in [0.5, 0.6) is 5.88 Å². The summed E-state index contributed by atoms with van der Waals surface area (Å²) in [6.07, 6.45) is 2.22. The quantitative estimate of drug-likeness (QED) is 0.702. The molecule has 4 heterocycles. The zero-order valence-electron chi connectivity index (χ0n) is 16.2. The van der Waals surface area contributed by atoms with Crippen LogP contribution in [-0.2, 0) is 15.9 Å². The van der Waals surface area contributed by atoms with Gasteiger partial charge in [-0.2, -0.15) is 4.52 Å². The highest BCUT2D eigenvalue weighted by molar-refractivity contribution is 7.17. The maximum atomic E-state index is 13.6. The Morgan fingerprint density at radius 3 is 2.52 bits per heavy atom. The fourth-order valence-electron chi connectivity index (χ4n) is 4.20. The van der Waals surface area contributed by atoms with Gasteiger partial charge in [0.1, 0.15) is 5.82 Å². The van der Waals surface area contributed by atoms with Crippen molar-refractivity contribution in [1.29, 1.82) is 0 Å². The van der Waals surface area contributed by atoms with E-state index >= 15 is 0 Å². The van der Waals surface area contributed by atoms with Crippen LogP contribution in [0.3, 0.4) is 0 Å². The summed E-state index contributed by atoms with van der Waals surface area (Å²) in [4.78, 5) is 8.21. The van der Waals surface area contributed by atoms with Gasteiger partial charge in [-0.3, -0.25) is 4.90 Å². The minimum absolute atomic E-state index is 0.0974. The second kappa shape index (κ2) is 7.32. The Morgan fingerprint density at radius 1 is 1.21 bits per heavy atom. The Hall–Kier alpha value is -2.07. The number of aromatic hydroxyl groups is 1. The summed E-state index contributed by atoms with van der Waals surface area (Å²) in [5.74, 6) is 0.0393. The van der Waals surface area contributed by atoms with Crippen molar-refractivity contribution < 1.29 is 19.0 Å². The molecule has 2 saturated heterocycles. The number of hydrogen-bond acceptors (Lipinski definition) is 7. The van der Waals surface area contributed by atoms with Gasteiger partial charge in [0.15, 0.2) is 11.6 Å². The van der Waals surface area contributed by atoms with Crippen LogP contribution in [0.1, 0.15) is 42.1 Å². The van der Waals surface area contributed by atoms with Crippen LogP contribution in [0, 0.1) is 5.82 Å². The van der Waals surface area contributed by atoms with Crippen LogP contribution in [0.4, 0.5) is 4.39 Å². The molecule has 0 saturated carbocycles. The summed E-state index contributed by atoms with van der Waals surface area (Å²) < 4.78 is 26.8. The molecule has 5 rings (SSSR count). The van der Waals surface area contributed by atoms with Gasteiger partial charge in [-0.25, -0.2) is 9.37 Å². The number of halogens is 1. The molecule has 29 heavy (non-hydrogen) atoms. The van der Waals surface area contributed by atoms with Crippen molar-refractivity contribution in [2.45, 2.75) is 38.0 Å². The number of benzene rings is 1. The van der Waals surface area contributed by atoms with E-state index in [1.807, 2.05) is 6.92 Å². The molecule has 1 aromatic carbocycles. The number of ether oxygens (including phenoxy) is 2. The largest absolute Gasteiger partial charge is 0.492 e. The molecule has 2 aliphatic heterocycles. The van der Waals surface area contributed by atoms with Gasteiger partial charge in [0.2, 0.25) is 10.8 Å². The molecule has 2 aromatic heterocycles. The van der Waals surface area contributed by atoms with Crippen LogP contribution in [0.25, 0.3) is 4.96 Å². The molecular formula is C20H23FN4O3S. The summed E-state index contributed by atoms with van der Waals surface area (Å²) >= 11 is 1.43. The summed E-state index contributed by atoms with van der Waals surface area (Å²) in [6, 6.07) is 6.26. The van der Waals surface area contributed by atoms with Crippen LogP contribution in [0.2, 0.25) is 0 Å². The van der Waals surface area contributed by atoms with E-state index in [1.165, 1.54) is 28.0 Å². The molecule has 1 N–H and O–H groups in total. The molecule has 3 aromatic rings. The number of rotatable bonds is 4. The Balaban J connectivity index is 1.52. The minimum atomic E-state index is -0.479. The van der Waals surface area contributed by atoms with Crippen molar-refractivity contribution in [3.05, 3.63) is 46.3 Å². The third-order valence-corrected chi connectivity index (χ3v) is 6.80.